The molecule has 1 aromatic heterocycles. The molecule has 0 saturated heterocycles. The summed E-state index contributed by atoms with van der Waals surface area (Å²) in [6.07, 6.45) is 0.898. The number of rotatable bonds is 3. The molecule has 114 valence electrons. The normalized spacial score (nSPS) is 13.5. The second kappa shape index (κ2) is 6.23. The Balaban J connectivity index is 1.82. The number of carbonyl (C=O) groups is 1. The summed E-state index contributed by atoms with van der Waals surface area (Å²) in [6.45, 7) is 0. The van der Waals surface area contributed by atoms with E-state index in [1.807, 2.05) is 11.8 Å². The van der Waals surface area contributed by atoms with Crippen molar-refractivity contribution in [2.24, 2.45) is 0 Å². The lowest BCUT2D eigenvalue weighted by molar-refractivity contribution is -0.384. The van der Waals surface area contributed by atoms with Crippen LogP contribution < -0.4 is 5.32 Å². The summed E-state index contributed by atoms with van der Waals surface area (Å²) in [7, 11) is 0. The molecule has 1 aliphatic heterocycles. The summed E-state index contributed by atoms with van der Waals surface area (Å²) in [5, 5.41) is 14.2. The van der Waals surface area contributed by atoms with Gasteiger partial charge in [-0.1, -0.05) is 11.6 Å². The van der Waals surface area contributed by atoms with Crippen LogP contribution in [0.15, 0.2) is 18.2 Å². The van der Waals surface area contributed by atoms with E-state index in [4.69, 9.17) is 11.6 Å². The van der Waals surface area contributed by atoms with Crippen LogP contribution in [0.3, 0.4) is 0 Å². The predicted octanol–water partition coefficient (Wildman–Crippen LogP) is 3.75. The minimum atomic E-state index is -0.581. The van der Waals surface area contributed by atoms with Crippen molar-refractivity contribution < 1.29 is 9.72 Å². The fourth-order valence-electron chi connectivity index (χ4n) is 2.06. The van der Waals surface area contributed by atoms with Gasteiger partial charge in [0.05, 0.1) is 10.6 Å². The molecule has 6 nitrogen and oxygen atoms in total. The van der Waals surface area contributed by atoms with E-state index in [2.05, 4.69) is 10.3 Å². The molecule has 2 heterocycles. The molecule has 0 aliphatic carbocycles. The number of anilines is 1. The van der Waals surface area contributed by atoms with Gasteiger partial charge in [0.15, 0.2) is 5.13 Å². The van der Waals surface area contributed by atoms with Crippen LogP contribution in [-0.4, -0.2) is 21.6 Å². The number of nitro groups is 1. The first-order chi connectivity index (χ1) is 10.5. The second-order valence-electron chi connectivity index (χ2n) is 4.60. The van der Waals surface area contributed by atoms with E-state index in [0.29, 0.717) is 5.13 Å². The Morgan fingerprint density at radius 2 is 2.23 bits per heavy atom. The van der Waals surface area contributed by atoms with Crippen LogP contribution >= 0.6 is 34.7 Å². The molecular weight excluding hydrogens is 346 g/mol. The molecule has 3 rings (SSSR count). The standard InChI is InChI=1S/C13H10ClN3O3S2/c14-8-3-7(4-9(5-8)17(19)20)12(18)16-13-15-10-1-2-21-6-11(10)22-13/h3-5H,1-2,6H2,(H,15,16,18). The Hall–Kier alpha value is -1.64. The Labute approximate surface area is 139 Å². The van der Waals surface area contributed by atoms with Gasteiger partial charge in [-0.15, -0.1) is 11.3 Å². The van der Waals surface area contributed by atoms with E-state index in [0.717, 1.165) is 23.6 Å². The molecule has 1 aliphatic rings. The van der Waals surface area contributed by atoms with Crippen LogP contribution in [0.2, 0.25) is 5.02 Å². The average molecular weight is 356 g/mol. The Morgan fingerprint density at radius 3 is 2.95 bits per heavy atom. The van der Waals surface area contributed by atoms with Gasteiger partial charge in [-0.3, -0.25) is 20.2 Å². The number of thioether (sulfide) groups is 1. The molecule has 2 aromatic rings. The van der Waals surface area contributed by atoms with Crippen molar-refractivity contribution in [2.45, 2.75) is 12.2 Å². The quantitative estimate of drug-likeness (QED) is 0.669. The van der Waals surface area contributed by atoms with Gasteiger partial charge in [0, 0.05) is 33.3 Å². The number of carbonyl (C=O) groups excluding carboxylic acids is 1. The van der Waals surface area contributed by atoms with Gasteiger partial charge < -0.3 is 0 Å². The topological polar surface area (TPSA) is 85.1 Å². The van der Waals surface area contributed by atoms with Crippen molar-refractivity contribution in [3.05, 3.63) is 49.5 Å². The summed E-state index contributed by atoms with van der Waals surface area (Å²) >= 11 is 9.10. The van der Waals surface area contributed by atoms with Crippen molar-refractivity contribution in [1.82, 2.24) is 4.98 Å². The molecule has 0 fully saturated rings. The van der Waals surface area contributed by atoms with E-state index < -0.39 is 10.8 Å². The lowest BCUT2D eigenvalue weighted by Crippen LogP contribution is -2.12. The molecule has 0 radical (unpaired) electrons. The van der Waals surface area contributed by atoms with E-state index >= 15 is 0 Å². The molecule has 22 heavy (non-hydrogen) atoms. The molecule has 0 unspecified atom stereocenters. The lowest BCUT2D eigenvalue weighted by Gasteiger charge is -2.06. The zero-order valence-corrected chi connectivity index (χ0v) is 13.6. The average Bonchev–Trinajstić information content (AvgIpc) is 2.88. The number of non-ortho nitro benzene ring substituents is 1. The maximum absolute atomic E-state index is 12.2. The van der Waals surface area contributed by atoms with Gasteiger partial charge in [-0.2, -0.15) is 11.8 Å². The first-order valence-electron chi connectivity index (χ1n) is 6.35. The van der Waals surface area contributed by atoms with Gasteiger partial charge >= 0.3 is 0 Å². The molecule has 1 N–H and O–H groups in total. The molecule has 9 heteroatoms. The third-order valence-electron chi connectivity index (χ3n) is 3.07. The maximum atomic E-state index is 12.2. The Kier molecular flexibility index (Phi) is 4.32. The van der Waals surface area contributed by atoms with Crippen LogP contribution in [0.25, 0.3) is 0 Å². The number of hydrogen-bond acceptors (Lipinski definition) is 6. The lowest BCUT2D eigenvalue weighted by atomic mass is 10.2. The number of thiazole rings is 1. The summed E-state index contributed by atoms with van der Waals surface area (Å²) in [5.74, 6) is 1.49. The Morgan fingerprint density at radius 1 is 1.41 bits per heavy atom. The number of aromatic nitrogens is 1. The van der Waals surface area contributed by atoms with Crippen LogP contribution in [0.5, 0.6) is 0 Å². The third-order valence-corrected chi connectivity index (χ3v) is 5.47. The van der Waals surface area contributed by atoms with E-state index in [1.165, 1.54) is 34.4 Å². The van der Waals surface area contributed by atoms with E-state index in [9.17, 15) is 14.9 Å². The highest BCUT2D eigenvalue weighted by molar-refractivity contribution is 7.98. The van der Waals surface area contributed by atoms with Crippen LogP contribution in [0.4, 0.5) is 10.8 Å². The summed E-state index contributed by atoms with van der Waals surface area (Å²) in [4.78, 5) is 28.0. The third kappa shape index (κ3) is 3.23. The van der Waals surface area contributed by atoms with E-state index in [-0.39, 0.29) is 16.3 Å². The predicted molar refractivity (Wildman–Crippen MR) is 88.0 cm³/mol. The number of benzene rings is 1. The molecule has 0 spiro atoms. The zero-order chi connectivity index (χ0) is 15.7. The fraction of sp³-hybridized carbons (Fsp3) is 0.231. The largest absolute Gasteiger partial charge is 0.298 e. The number of nitrogens with one attached hydrogen (secondary N) is 1. The van der Waals surface area contributed by atoms with Gasteiger partial charge in [-0.05, 0) is 18.2 Å². The number of hydrogen-bond donors (Lipinski definition) is 1. The monoisotopic (exact) mass is 355 g/mol. The van der Waals surface area contributed by atoms with Gasteiger partial charge in [0.1, 0.15) is 0 Å². The van der Waals surface area contributed by atoms with Gasteiger partial charge in [0.2, 0.25) is 0 Å². The zero-order valence-electron chi connectivity index (χ0n) is 11.2. The van der Waals surface area contributed by atoms with Crippen molar-refractivity contribution in [3.8, 4) is 0 Å². The van der Waals surface area contributed by atoms with Crippen molar-refractivity contribution in [3.63, 3.8) is 0 Å². The minimum Gasteiger partial charge on any atom is -0.298 e. The molecule has 1 amide bonds. The second-order valence-corrected chi connectivity index (χ2v) is 7.23. The van der Waals surface area contributed by atoms with Crippen LogP contribution in [-0.2, 0) is 12.2 Å². The summed E-state index contributed by atoms with van der Waals surface area (Å²) in [6, 6.07) is 3.80. The molecule has 0 bridgehead atoms. The number of amides is 1. The van der Waals surface area contributed by atoms with Crippen molar-refractivity contribution in [2.75, 3.05) is 11.1 Å². The van der Waals surface area contributed by atoms with Gasteiger partial charge in [0.25, 0.3) is 11.6 Å². The highest BCUT2D eigenvalue weighted by Gasteiger charge is 2.18. The molecule has 0 atom stereocenters. The Bertz CT molecular complexity index is 739. The smallest absolute Gasteiger partial charge is 0.271 e. The number of aryl methyl sites for hydroxylation is 1. The first-order valence-corrected chi connectivity index (χ1v) is 8.70. The number of nitro benzene ring substituents is 1. The number of fused-ring (bicyclic) bond motifs is 1. The van der Waals surface area contributed by atoms with Gasteiger partial charge in [-0.25, -0.2) is 4.98 Å². The van der Waals surface area contributed by atoms with Crippen molar-refractivity contribution in [1.29, 1.82) is 0 Å². The van der Waals surface area contributed by atoms with Crippen LogP contribution in [0, 0.1) is 10.1 Å². The van der Waals surface area contributed by atoms with Crippen molar-refractivity contribution >= 4 is 51.4 Å². The minimum absolute atomic E-state index is 0.141. The number of nitrogens with zero attached hydrogens (tertiary/aromatic N) is 2. The summed E-state index contributed by atoms with van der Waals surface area (Å²) < 4.78 is 0. The number of halogens is 1. The highest BCUT2D eigenvalue weighted by atomic mass is 35.5. The maximum Gasteiger partial charge on any atom is 0.271 e. The fourth-order valence-corrected chi connectivity index (χ4v) is 4.41. The summed E-state index contributed by atoms with van der Waals surface area (Å²) in [5.41, 5.74) is 0.949. The molecular formula is C13H10ClN3O3S2. The first kappa shape index (κ1) is 15.3. The molecule has 0 saturated carbocycles. The molecule has 1 aromatic carbocycles. The van der Waals surface area contributed by atoms with E-state index in [1.54, 1.807) is 0 Å². The highest BCUT2D eigenvalue weighted by Crippen LogP contribution is 2.32. The van der Waals surface area contributed by atoms with Crippen LogP contribution in [0.1, 0.15) is 20.9 Å². The SMILES string of the molecule is O=C(Nc1nc2c(s1)CSCC2)c1cc(Cl)cc([N+](=O)[O-])c1.